The summed E-state index contributed by atoms with van der Waals surface area (Å²) in [4.78, 5) is 0. The van der Waals surface area contributed by atoms with E-state index in [1.54, 1.807) is 0 Å². The van der Waals surface area contributed by atoms with Crippen molar-refractivity contribution in [1.82, 2.24) is 14.9 Å². The predicted octanol–water partition coefficient (Wildman–Crippen LogP) is 5.48. The van der Waals surface area contributed by atoms with Gasteiger partial charge in [-0.1, -0.05) is 72.4 Å². The number of hydrogen-bond acceptors (Lipinski definition) is 5. The summed E-state index contributed by atoms with van der Waals surface area (Å²) in [7, 11) is 0. The van der Waals surface area contributed by atoms with Crippen LogP contribution in [0.15, 0.2) is 95.2 Å². The van der Waals surface area contributed by atoms with Crippen molar-refractivity contribution in [3.63, 3.8) is 0 Å². The second kappa shape index (κ2) is 11.3. The van der Waals surface area contributed by atoms with E-state index in [2.05, 4.69) is 51.7 Å². The molecule has 0 N–H and O–H groups in total. The van der Waals surface area contributed by atoms with Crippen LogP contribution in [0.3, 0.4) is 0 Å². The monoisotopic (exact) mass is 442 g/mol. The van der Waals surface area contributed by atoms with Crippen LogP contribution in [0, 0.1) is 0 Å². The molecule has 0 radical (unpaired) electrons. The normalized spacial score (nSPS) is 11.2. The van der Waals surface area contributed by atoms with Crippen molar-refractivity contribution in [1.29, 1.82) is 0 Å². The summed E-state index contributed by atoms with van der Waals surface area (Å²) in [5, 5.41) is 14.0. The van der Waals surface area contributed by atoms with Gasteiger partial charge in [-0.2, -0.15) is 9.78 Å². The minimum Gasteiger partial charge on any atom is -0.494 e. The van der Waals surface area contributed by atoms with E-state index in [9.17, 15) is 0 Å². The second-order valence-electron chi connectivity index (χ2n) is 7.33. The Hall–Kier alpha value is -3.38. The number of ether oxygens (including phenoxy) is 1. The van der Waals surface area contributed by atoms with E-state index in [0.717, 1.165) is 35.1 Å². The number of nitrogens with zero attached hydrogens (tertiary/aromatic N) is 4. The molecule has 0 aliphatic heterocycles. The Morgan fingerprint density at radius 3 is 2.25 bits per heavy atom. The van der Waals surface area contributed by atoms with Crippen molar-refractivity contribution >= 4 is 18.0 Å². The van der Waals surface area contributed by atoms with Gasteiger partial charge < -0.3 is 4.74 Å². The van der Waals surface area contributed by atoms with Gasteiger partial charge in [-0.05, 0) is 60.1 Å². The van der Waals surface area contributed by atoms with Gasteiger partial charge in [-0.3, -0.25) is 0 Å². The Bertz CT molecular complexity index is 1130. The van der Waals surface area contributed by atoms with Gasteiger partial charge >= 0.3 is 0 Å². The highest BCUT2D eigenvalue weighted by Gasteiger charge is 2.11. The van der Waals surface area contributed by atoms with Crippen LogP contribution in [-0.2, 0) is 12.8 Å². The van der Waals surface area contributed by atoms with Gasteiger partial charge in [-0.25, -0.2) is 0 Å². The second-order valence-corrected chi connectivity index (χ2v) is 8.10. The highest BCUT2D eigenvalue weighted by atomic mass is 32.2. The molecule has 32 heavy (non-hydrogen) atoms. The lowest BCUT2D eigenvalue weighted by atomic mass is 10.1. The van der Waals surface area contributed by atoms with Crippen molar-refractivity contribution in [3.05, 3.63) is 107 Å². The highest BCUT2D eigenvalue weighted by Crippen LogP contribution is 2.17. The molecule has 1 aromatic heterocycles. The fourth-order valence-electron chi connectivity index (χ4n) is 3.31. The van der Waals surface area contributed by atoms with Crippen molar-refractivity contribution in [3.8, 4) is 5.75 Å². The molecule has 0 unspecified atom stereocenters. The molecule has 0 aliphatic rings. The summed E-state index contributed by atoms with van der Waals surface area (Å²) in [6.45, 7) is 0.697. The molecule has 162 valence electrons. The maximum atomic E-state index is 5.88. The molecule has 0 bridgehead atoms. The fraction of sp³-hybridized carbons (Fsp3) is 0.192. The first-order valence-electron chi connectivity index (χ1n) is 10.6. The van der Waals surface area contributed by atoms with Gasteiger partial charge in [0.15, 0.2) is 5.82 Å². The zero-order valence-electron chi connectivity index (χ0n) is 18.1. The van der Waals surface area contributed by atoms with Gasteiger partial charge in [0, 0.05) is 6.42 Å². The first-order valence-corrected chi connectivity index (χ1v) is 11.9. The summed E-state index contributed by atoms with van der Waals surface area (Å²) < 4.78 is 7.69. The summed E-state index contributed by atoms with van der Waals surface area (Å²) >= 11 is 1.53. The van der Waals surface area contributed by atoms with Gasteiger partial charge in [0.25, 0.3) is 0 Å². The zero-order chi connectivity index (χ0) is 22.0. The zero-order valence-corrected chi connectivity index (χ0v) is 18.9. The van der Waals surface area contributed by atoms with E-state index in [1.165, 1.54) is 22.9 Å². The third-order valence-electron chi connectivity index (χ3n) is 4.99. The fourth-order valence-corrected chi connectivity index (χ4v) is 3.76. The number of hydrogen-bond donors (Lipinski definition) is 0. The van der Waals surface area contributed by atoms with Crippen LogP contribution in [0.25, 0.3) is 0 Å². The molecule has 1 heterocycles. The van der Waals surface area contributed by atoms with E-state index in [4.69, 9.17) is 4.74 Å². The van der Waals surface area contributed by atoms with E-state index >= 15 is 0 Å². The summed E-state index contributed by atoms with van der Waals surface area (Å²) in [5.41, 5.74) is 3.51. The molecule has 3 aromatic carbocycles. The van der Waals surface area contributed by atoms with Crippen LogP contribution in [0.1, 0.15) is 28.9 Å². The smallest absolute Gasteiger partial charge is 0.211 e. The highest BCUT2D eigenvalue weighted by molar-refractivity contribution is 7.98. The molecule has 6 heteroatoms. The average molecular weight is 443 g/mol. The Balaban J connectivity index is 1.35. The Labute approximate surface area is 193 Å². The van der Waals surface area contributed by atoms with E-state index < -0.39 is 0 Å². The number of rotatable bonds is 10. The SMILES string of the molecule is CSc1nnc(Cc2ccccc2)n1/N=C\c1ccc(OCCCc2ccccc2)cc1. The van der Waals surface area contributed by atoms with Crippen molar-refractivity contribution in [2.45, 2.75) is 24.4 Å². The van der Waals surface area contributed by atoms with Crippen LogP contribution in [0.2, 0.25) is 0 Å². The van der Waals surface area contributed by atoms with E-state index in [-0.39, 0.29) is 0 Å². The lowest BCUT2D eigenvalue weighted by Crippen LogP contribution is -2.01. The van der Waals surface area contributed by atoms with E-state index in [0.29, 0.717) is 13.0 Å². The Morgan fingerprint density at radius 1 is 0.875 bits per heavy atom. The van der Waals surface area contributed by atoms with Crippen LogP contribution >= 0.6 is 11.8 Å². The summed E-state index contributed by atoms with van der Waals surface area (Å²) in [6.07, 6.45) is 6.50. The van der Waals surface area contributed by atoms with Gasteiger partial charge in [0.2, 0.25) is 5.16 Å². The molecular weight excluding hydrogens is 416 g/mol. The molecule has 4 rings (SSSR count). The quantitative estimate of drug-likeness (QED) is 0.185. The van der Waals surface area contributed by atoms with Crippen LogP contribution < -0.4 is 4.74 Å². The largest absolute Gasteiger partial charge is 0.494 e. The van der Waals surface area contributed by atoms with E-state index in [1.807, 2.05) is 65.7 Å². The van der Waals surface area contributed by atoms with Gasteiger partial charge in [-0.15, -0.1) is 10.2 Å². The lowest BCUT2D eigenvalue weighted by Gasteiger charge is -2.07. The number of aryl methyl sites for hydroxylation is 1. The average Bonchev–Trinajstić information content (AvgIpc) is 3.24. The Morgan fingerprint density at radius 2 is 1.56 bits per heavy atom. The number of aromatic nitrogens is 3. The predicted molar refractivity (Wildman–Crippen MR) is 131 cm³/mol. The van der Waals surface area contributed by atoms with Gasteiger partial charge in [0.05, 0.1) is 12.8 Å². The first-order chi connectivity index (χ1) is 15.8. The lowest BCUT2D eigenvalue weighted by molar-refractivity contribution is 0.311. The minimum absolute atomic E-state index is 0.682. The molecular formula is C26H26N4OS. The first kappa shape index (κ1) is 21.8. The number of thioether (sulfide) groups is 1. The molecule has 0 spiro atoms. The molecule has 0 aliphatic carbocycles. The minimum atomic E-state index is 0.682. The molecule has 0 amide bonds. The Kier molecular flexibility index (Phi) is 7.71. The van der Waals surface area contributed by atoms with Gasteiger partial charge in [0.1, 0.15) is 5.75 Å². The van der Waals surface area contributed by atoms with Crippen molar-refractivity contribution < 1.29 is 4.74 Å². The summed E-state index contributed by atoms with van der Waals surface area (Å²) in [5.74, 6) is 1.68. The molecule has 0 saturated heterocycles. The molecule has 4 aromatic rings. The molecule has 5 nitrogen and oxygen atoms in total. The topological polar surface area (TPSA) is 52.3 Å². The van der Waals surface area contributed by atoms with Crippen molar-refractivity contribution in [2.24, 2.45) is 5.10 Å². The van der Waals surface area contributed by atoms with Crippen LogP contribution in [-0.4, -0.2) is 34.0 Å². The maximum absolute atomic E-state index is 5.88. The molecule has 0 saturated carbocycles. The third-order valence-corrected chi connectivity index (χ3v) is 5.61. The summed E-state index contributed by atoms with van der Waals surface area (Å²) in [6, 6.07) is 28.7. The van der Waals surface area contributed by atoms with Crippen LogP contribution in [0.5, 0.6) is 5.75 Å². The standard InChI is InChI=1S/C26H26N4OS/c1-32-26-29-28-25(19-22-11-6-3-7-12-22)30(26)27-20-23-14-16-24(17-15-23)31-18-8-13-21-9-4-2-5-10-21/h2-7,9-12,14-17,20H,8,13,18-19H2,1H3/b27-20-. The maximum Gasteiger partial charge on any atom is 0.211 e. The number of benzene rings is 3. The third kappa shape index (κ3) is 6.08. The van der Waals surface area contributed by atoms with Crippen molar-refractivity contribution in [2.75, 3.05) is 12.9 Å². The van der Waals surface area contributed by atoms with Crippen LogP contribution in [0.4, 0.5) is 0 Å². The molecule has 0 fully saturated rings. The molecule has 0 atom stereocenters.